The van der Waals surface area contributed by atoms with E-state index in [-0.39, 0.29) is 0 Å². The number of benzene rings is 1. The summed E-state index contributed by atoms with van der Waals surface area (Å²) >= 11 is 3.54. The summed E-state index contributed by atoms with van der Waals surface area (Å²) < 4.78 is 6.87. The van der Waals surface area contributed by atoms with Gasteiger partial charge < -0.3 is 9.64 Å². The Balaban J connectivity index is 1.68. The van der Waals surface area contributed by atoms with Crippen molar-refractivity contribution in [1.82, 2.24) is 4.90 Å². The highest BCUT2D eigenvalue weighted by molar-refractivity contribution is 9.10. The summed E-state index contributed by atoms with van der Waals surface area (Å²) in [6.07, 6.45) is 5.25. The van der Waals surface area contributed by atoms with Gasteiger partial charge in [0.2, 0.25) is 0 Å². The molecule has 0 aromatic heterocycles. The highest BCUT2D eigenvalue weighted by Gasteiger charge is 2.09. The normalized spacial score (nSPS) is 16.8. The highest BCUT2D eigenvalue weighted by Crippen LogP contribution is 2.25. The standard InChI is InChI=1S/C15H22BrNO/c1-13-6-7-15(14(16)12-13)18-11-5-10-17-8-3-2-4-9-17/h6-7,12H,2-5,8-11H2,1H3. The lowest BCUT2D eigenvalue weighted by Crippen LogP contribution is -2.31. The molecule has 1 aromatic carbocycles. The monoisotopic (exact) mass is 311 g/mol. The zero-order valence-electron chi connectivity index (χ0n) is 11.1. The van der Waals surface area contributed by atoms with Crippen molar-refractivity contribution in [2.75, 3.05) is 26.2 Å². The van der Waals surface area contributed by atoms with Crippen molar-refractivity contribution in [3.63, 3.8) is 0 Å². The summed E-state index contributed by atoms with van der Waals surface area (Å²) in [5.41, 5.74) is 1.25. The molecule has 18 heavy (non-hydrogen) atoms. The lowest BCUT2D eigenvalue weighted by molar-refractivity contribution is 0.204. The molecule has 0 amide bonds. The Labute approximate surface area is 118 Å². The zero-order chi connectivity index (χ0) is 12.8. The van der Waals surface area contributed by atoms with Gasteiger partial charge in [-0.2, -0.15) is 0 Å². The molecule has 0 radical (unpaired) electrons. The van der Waals surface area contributed by atoms with E-state index >= 15 is 0 Å². The quantitative estimate of drug-likeness (QED) is 0.762. The van der Waals surface area contributed by atoms with Gasteiger partial charge in [-0.25, -0.2) is 0 Å². The number of hydrogen-bond acceptors (Lipinski definition) is 2. The van der Waals surface area contributed by atoms with E-state index in [4.69, 9.17) is 4.74 Å². The van der Waals surface area contributed by atoms with Crippen LogP contribution in [0.15, 0.2) is 22.7 Å². The predicted octanol–water partition coefficient (Wildman–Crippen LogP) is 4.01. The first-order valence-corrected chi connectivity index (χ1v) is 7.66. The number of nitrogens with zero attached hydrogens (tertiary/aromatic N) is 1. The van der Waals surface area contributed by atoms with Crippen LogP contribution in [0.5, 0.6) is 5.75 Å². The van der Waals surface area contributed by atoms with Crippen LogP contribution >= 0.6 is 15.9 Å². The van der Waals surface area contributed by atoms with Gasteiger partial charge in [0.05, 0.1) is 11.1 Å². The molecule has 0 saturated carbocycles. The molecule has 3 heteroatoms. The molecule has 2 rings (SSSR count). The maximum Gasteiger partial charge on any atom is 0.133 e. The molecule has 0 spiro atoms. The molecule has 1 aliphatic rings. The third-order valence-electron chi connectivity index (χ3n) is 3.41. The van der Waals surface area contributed by atoms with Gasteiger partial charge in [0.15, 0.2) is 0 Å². The van der Waals surface area contributed by atoms with Crippen LogP contribution in [0.1, 0.15) is 31.2 Å². The summed E-state index contributed by atoms with van der Waals surface area (Å²) in [6, 6.07) is 6.23. The average Bonchev–Trinajstić information content (AvgIpc) is 2.38. The van der Waals surface area contributed by atoms with Crippen molar-refractivity contribution < 1.29 is 4.74 Å². The summed E-state index contributed by atoms with van der Waals surface area (Å²) in [6.45, 7) is 6.61. The van der Waals surface area contributed by atoms with Crippen LogP contribution in [0.25, 0.3) is 0 Å². The Hall–Kier alpha value is -0.540. The molecule has 1 aliphatic heterocycles. The van der Waals surface area contributed by atoms with Gasteiger partial charge in [0, 0.05) is 6.54 Å². The molecule has 0 bridgehead atoms. The average molecular weight is 312 g/mol. The number of aryl methyl sites for hydroxylation is 1. The van der Waals surface area contributed by atoms with Crippen molar-refractivity contribution >= 4 is 15.9 Å². The maximum absolute atomic E-state index is 5.81. The fourth-order valence-electron chi connectivity index (χ4n) is 2.38. The van der Waals surface area contributed by atoms with E-state index in [0.717, 1.165) is 23.2 Å². The second-order valence-corrected chi connectivity index (χ2v) is 5.89. The lowest BCUT2D eigenvalue weighted by atomic mass is 10.1. The van der Waals surface area contributed by atoms with Crippen LogP contribution in [0.4, 0.5) is 0 Å². The Bertz CT molecular complexity index is 375. The van der Waals surface area contributed by atoms with Gasteiger partial charge in [-0.15, -0.1) is 0 Å². The molecular weight excluding hydrogens is 290 g/mol. The number of ether oxygens (including phenoxy) is 1. The fraction of sp³-hybridized carbons (Fsp3) is 0.600. The van der Waals surface area contributed by atoms with Crippen molar-refractivity contribution in [3.05, 3.63) is 28.2 Å². The second kappa shape index (κ2) is 7.15. The summed E-state index contributed by atoms with van der Waals surface area (Å²) in [5, 5.41) is 0. The second-order valence-electron chi connectivity index (χ2n) is 5.04. The molecule has 100 valence electrons. The van der Waals surface area contributed by atoms with Gasteiger partial charge in [-0.05, 0) is 72.9 Å². The van der Waals surface area contributed by atoms with E-state index in [0.29, 0.717) is 0 Å². The van der Waals surface area contributed by atoms with Crippen LogP contribution in [0, 0.1) is 6.92 Å². The number of rotatable bonds is 5. The van der Waals surface area contributed by atoms with Crippen molar-refractivity contribution in [3.8, 4) is 5.75 Å². The SMILES string of the molecule is Cc1ccc(OCCCN2CCCCC2)c(Br)c1. The molecule has 1 fully saturated rings. The molecule has 1 heterocycles. The molecule has 2 nitrogen and oxygen atoms in total. The van der Waals surface area contributed by atoms with Crippen LogP contribution in [-0.4, -0.2) is 31.1 Å². The van der Waals surface area contributed by atoms with Crippen LogP contribution < -0.4 is 4.74 Å². The Morgan fingerprint density at radius 3 is 2.72 bits per heavy atom. The topological polar surface area (TPSA) is 12.5 Å². The van der Waals surface area contributed by atoms with Crippen molar-refractivity contribution in [2.45, 2.75) is 32.6 Å². The van der Waals surface area contributed by atoms with E-state index in [2.05, 4.69) is 39.9 Å². The third kappa shape index (κ3) is 4.29. The predicted molar refractivity (Wildman–Crippen MR) is 79.3 cm³/mol. The molecular formula is C15H22BrNO. The Kier molecular flexibility index (Phi) is 5.51. The number of hydrogen-bond donors (Lipinski definition) is 0. The molecule has 1 saturated heterocycles. The smallest absolute Gasteiger partial charge is 0.133 e. The van der Waals surface area contributed by atoms with Gasteiger partial charge in [0.1, 0.15) is 5.75 Å². The van der Waals surface area contributed by atoms with Crippen molar-refractivity contribution in [2.24, 2.45) is 0 Å². The molecule has 0 unspecified atom stereocenters. The van der Waals surface area contributed by atoms with E-state index in [1.165, 1.54) is 44.5 Å². The minimum Gasteiger partial charge on any atom is -0.492 e. The molecule has 1 aromatic rings. The van der Waals surface area contributed by atoms with E-state index in [1.54, 1.807) is 0 Å². The summed E-state index contributed by atoms with van der Waals surface area (Å²) in [5.74, 6) is 0.958. The number of likely N-dealkylation sites (tertiary alicyclic amines) is 1. The summed E-state index contributed by atoms with van der Waals surface area (Å²) in [4.78, 5) is 2.55. The molecule has 0 N–H and O–H groups in total. The lowest BCUT2D eigenvalue weighted by Gasteiger charge is -2.26. The largest absolute Gasteiger partial charge is 0.492 e. The van der Waals surface area contributed by atoms with E-state index in [1.807, 2.05) is 6.07 Å². The third-order valence-corrected chi connectivity index (χ3v) is 4.03. The van der Waals surface area contributed by atoms with E-state index in [9.17, 15) is 0 Å². The van der Waals surface area contributed by atoms with Crippen LogP contribution in [0.3, 0.4) is 0 Å². The van der Waals surface area contributed by atoms with Gasteiger partial charge >= 0.3 is 0 Å². The highest BCUT2D eigenvalue weighted by atomic mass is 79.9. The minimum atomic E-state index is 0.804. The van der Waals surface area contributed by atoms with Gasteiger partial charge in [0.25, 0.3) is 0 Å². The minimum absolute atomic E-state index is 0.804. The van der Waals surface area contributed by atoms with Crippen LogP contribution in [-0.2, 0) is 0 Å². The fourth-order valence-corrected chi connectivity index (χ4v) is 2.98. The number of piperidine rings is 1. The van der Waals surface area contributed by atoms with Crippen LogP contribution in [0.2, 0.25) is 0 Å². The first-order chi connectivity index (χ1) is 8.75. The van der Waals surface area contributed by atoms with E-state index < -0.39 is 0 Å². The molecule has 0 aliphatic carbocycles. The maximum atomic E-state index is 5.81. The number of halogens is 1. The van der Waals surface area contributed by atoms with Gasteiger partial charge in [-0.1, -0.05) is 12.5 Å². The molecule has 0 atom stereocenters. The zero-order valence-corrected chi connectivity index (χ0v) is 12.7. The first-order valence-electron chi connectivity index (χ1n) is 6.87. The van der Waals surface area contributed by atoms with Gasteiger partial charge in [-0.3, -0.25) is 0 Å². The Morgan fingerprint density at radius 2 is 2.00 bits per heavy atom. The Morgan fingerprint density at radius 1 is 1.22 bits per heavy atom. The summed E-state index contributed by atoms with van der Waals surface area (Å²) in [7, 11) is 0. The van der Waals surface area contributed by atoms with Crippen molar-refractivity contribution in [1.29, 1.82) is 0 Å². The first kappa shape index (κ1) is 13.9.